The van der Waals surface area contributed by atoms with Gasteiger partial charge in [0, 0.05) is 18.7 Å². The fourth-order valence-electron chi connectivity index (χ4n) is 3.92. The molecule has 1 aliphatic rings. The average Bonchev–Trinajstić information content (AvgIpc) is 3.54. The first-order valence-electron chi connectivity index (χ1n) is 10.9. The monoisotopic (exact) mass is 456 g/mol. The molecule has 2 aromatic heterocycles. The van der Waals surface area contributed by atoms with E-state index < -0.39 is 0 Å². The lowest BCUT2D eigenvalue weighted by atomic mass is 10.00. The number of aromatic nitrogens is 3. The number of hydrogen-bond donors (Lipinski definition) is 0. The van der Waals surface area contributed by atoms with Crippen molar-refractivity contribution in [1.29, 1.82) is 0 Å². The van der Waals surface area contributed by atoms with Crippen LogP contribution in [0, 0.1) is 0 Å². The first-order valence-corrected chi connectivity index (χ1v) is 11.9. The Hall–Kier alpha value is -3.58. The number of benzene rings is 2. The predicted molar refractivity (Wildman–Crippen MR) is 130 cm³/mol. The van der Waals surface area contributed by atoms with E-state index in [4.69, 9.17) is 4.42 Å². The van der Waals surface area contributed by atoms with Gasteiger partial charge in [-0.2, -0.15) is 0 Å². The Balaban J connectivity index is 1.28. The molecule has 6 nitrogen and oxygen atoms in total. The smallest absolute Gasteiger partial charge is 0.233 e. The highest BCUT2D eigenvalue weighted by Crippen LogP contribution is 2.27. The molecule has 3 heterocycles. The molecule has 0 atom stereocenters. The van der Waals surface area contributed by atoms with Gasteiger partial charge in [0.1, 0.15) is 5.76 Å². The lowest BCUT2D eigenvalue weighted by molar-refractivity contribution is -0.127. The lowest BCUT2D eigenvalue weighted by Gasteiger charge is -2.26. The quantitative estimate of drug-likeness (QED) is 0.367. The molecular weight excluding hydrogens is 432 g/mol. The molecule has 1 amide bonds. The Labute approximate surface area is 196 Å². The van der Waals surface area contributed by atoms with Crippen LogP contribution in [0.15, 0.2) is 94.7 Å². The van der Waals surface area contributed by atoms with E-state index in [0.717, 1.165) is 30.1 Å². The number of amides is 1. The van der Waals surface area contributed by atoms with Gasteiger partial charge in [-0.25, -0.2) is 0 Å². The van der Waals surface area contributed by atoms with Crippen molar-refractivity contribution in [3.05, 3.63) is 96.5 Å². The van der Waals surface area contributed by atoms with Gasteiger partial charge >= 0.3 is 0 Å². The van der Waals surface area contributed by atoms with Crippen LogP contribution in [0.4, 0.5) is 0 Å². The molecule has 0 saturated heterocycles. The first kappa shape index (κ1) is 21.3. The van der Waals surface area contributed by atoms with Crippen molar-refractivity contribution in [1.82, 2.24) is 19.7 Å². The standard InChI is InChI=1S/C26H24N4O2S/c31-24(29-15-13-21(14-16-29)20-8-3-1-4-9-20)19-33-26-28-27-25(22-10-5-2-6-11-22)30(26)18-23-12-7-17-32-23/h1-13,17H,14-16,18-19H2. The second-order valence-electron chi connectivity index (χ2n) is 7.81. The van der Waals surface area contributed by atoms with Gasteiger partial charge < -0.3 is 9.32 Å². The zero-order chi connectivity index (χ0) is 22.5. The summed E-state index contributed by atoms with van der Waals surface area (Å²) in [6.45, 7) is 1.88. The second-order valence-corrected chi connectivity index (χ2v) is 8.75. The van der Waals surface area contributed by atoms with E-state index in [0.29, 0.717) is 24.0 Å². The van der Waals surface area contributed by atoms with Crippen molar-refractivity contribution in [3.8, 4) is 11.4 Å². The molecule has 0 unspecified atom stereocenters. The Morgan fingerprint density at radius 3 is 2.36 bits per heavy atom. The maximum absolute atomic E-state index is 12.9. The van der Waals surface area contributed by atoms with Gasteiger partial charge in [0.25, 0.3) is 0 Å². The molecule has 0 N–H and O–H groups in total. The zero-order valence-corrected chi connectivity index (χ0v) is 18.9. The van der Waals surface area contributed by atoms with E-state index in [1.54, 1.807) is 6.26 Å². The van der Waals surface area contributed by atoms with Crippen LogP contribution in [0.5, 0.6) is 0 Å². The molecule has 0 saturated carbocycles. The normalized spacial score (nSPS) is 13.7. The van der Waals surface area contributed by atoms with E-state index in [-0.39, 0.29) is 5.91 Å². The Bertz CT molecular complexity index is 1230. The van der Waals surface area contributed by atoms with Gasteiger partial charge in [-0.1, -0.05) is 78.5 Å². The molecule has 2 aromatic carbocycles. The summed E-state index contributed by atoms with van der Waals surface area (Å²) in [5.74, 6) is 2.00. The van der Waals surface area contributed by atoms with Crippen LogP contribution in [-0.4, -0.2) is 44.4 Å². The zero-order valence-electron chi connectivity index (χ0n) is 18.1. The van der Waals surface area contributed by atoms with Gasteiger partial charge in [-0.05, 0) is 29.7 Å². The van der Waals surface area contributed by atoms with Crippen LogP contribution < -0.4 is 0 Å². The van der Waals surface area contributed by atoms with Crippen molar-refractivity contribution in [2.24, 2.45) is 0 Å². The summed E-state index contributed by atoms with van der Waals surface area (Å²) in [4.78, 5) is 14.8. The molecule has 0 spiro atoms. The number of hydrogen-bond acceptors (Lipinski definition) is 5. The van der Waals surface area contributed by atoms with Crippen LogP contribution in [0.25, 0.3) is 17.0 Å². The first-order chi connectivity index (χ1) is 16.3. The van der Waals surface area contributed by atoms with Gasteiger partial charge in [-0.3, -0.25) is 9.36 Å². The third-order valence-electron chi connectivity index (χ3n) is 5.67. The van der Waals surface area contributed by atoms with Crippen molar-refractivity contribution in [2.75, 3.05) is 18.8 Å². The third-order valence-corrected chi connectivity index (χ3v) is 6.63. The van der Waals surface area contributed by atoms with Gasteiger partial charge in [-0.15, -0.1) is 10.2 Å². The van der Waals surface area contributed by atoms with Crippen LogP contribution in [0.3, 0.4) is 0 Å². The summed E-state index contributed by atoms with van der Waals surface area (Å²) >= 11 is 1.42. The van der Waals surface area contributed by atoms with Crippen LogP contribution in [0.1, 0.15) is 17.7 Å². The highest BCUT2D eigenvalue weighted by molar-refractivity contribution is 7.99. The summed E-state index contributed by atoms with van der Waals surface area (Å²) in [5.41, 5.74) is 3.51. The maximum Gasteiger partial charge on any atom is 0.233 e. The molecule has 166 valence electrons. The number of rotatable bonds is 7. The average molecular weight is 457 g/mol. The number of furan rings is 1. The van der Waals surface area contributed by atoms with E-state index in [2.05, 4.69) is 28.4 Å². The second kappa shape index (κ2) is 9.92. The Morgan fingerprint density at radius 1 is 0.939 bits per heavy atom. The molecule has 0 bridgehead atoms. The van der Waals surface area contributed by atoms with Gasteiger partial charge in [0.05, 0.1) is 18.6 Å². The van der Waals surface area contributed by atoms with Crippen molar-refractivity contribution in [3.63, 3.8) is 0 Å². The lowest BCUT2D eigenvalue weighted by Crippen LogP contribution is -2.35. The summed E-state index contributed by atoms with van der Waals surface area (Å²) < 4.78 is 7.56. The summed E-state index contributed by atoms with van der Waals surface area (Å²) in [7, 11) is 0. The van der Waals surface area contributed by atoms with E-state index in [9.17, 15) is 4.79 Å². The van der Waals surface area contributed by atoms with Crippen LogP contribution >= 0.6 is 11.8 Å². The summed E-state index contributed by atoms with van der Waals surface area (Å²) in [6.07, 6.45) is 4.69. The van der Waals surface area contributed by atoms with Crippen molar-refractivity contribution < 1.29 is 9.21 Å². The highest BCUT2D eigenvalue weighted by atomic mass is 32.2. The molecule has 5 rings (SSSR count). The predicted octanol–water partition coefficient (Wildman–Crippen LogP) is 4.99. The minimum atomic E-state index is 0.108. The largest absolute Gasteiger partial charge is 0.467 e. The minimum Gasteiger partial charge on any atom is -0.467 e. The number of nitrogens with zero attached hydrogens (tertiary/aromatic N) is 4. The SMILES string of the molecule is O=C(CSc1nnc(-c2ccccc2)n1Cc1ccco1)N1CC=C(c2ccccc2)CC1. The molecule has 0 fully saturated rings. The van der Waals surface area contributed by atoms with E-state index >= 15 is 0 Å². The number of thioether (sulfide) groups is 1. The number of carbonyl (C=O) groups is 1. The summed E-state index contributed by atoms with van der Waals surface area (Å²) in [5, 5.41) is 9.52. The third kappa shape index (κ3) is 4.93. The molecule has 0 radical (unpaired) electrons. The van der Waals surface area contributed by atoms with E-state index in [1.165, 1.54) is 22.9 Å². The maximum atomic E-state index is 12.9. The topological polar surface area (TPSA) is 64.2 Å². The van der Waals surface area contributed by atoms with Crippen LogP contribution in [-0.2, 0) is 11.3 Å². The molecule has 1 aliphatic heterocycles. The fourth-order valence-corrected chi connectivity index (χ4v) is 4.77. The molecule has 33 heavy (non-hydrogen) atoms. The van der Waals surface area contributed by atoms with Crippen LogP contribution in [0.2, 0.25) is 0 Å². The molecule has 7 heteroatoms. The van der Waals surface area contributed by atoms with Gasteiger partial charge in [0.15, 0.2) is 11.0 Å². The van der Waals surface area contributed by atoms with Gasteiger partial charge in [0.2, 0.25) is 5.91 Å². The summed E-state index contributed by atoms with van der Waals surface area (Å²) in [6, 6.07) is 24.1. The molecule has 4 aromatic rings. The highest BCUT2D eigenvalue weighted by Gasteiger charge is 2.21. The fraction of sp³-hybridized carbons (Fsp3) is 0.192. The molecule has 0 aliphatic carbocycles. The minimum absolute atomic E-state index is 0.108. The van der Waals surface area contributed by atoms with E-state index in [1.807, 2.05) is 70.1 Å². The molecular formula is C26H24N4O2S. The Morgan fingerprint density at radius 2 is 1.70 bits per heavy atom. The van der Waals surface area contributed by atoms with Crippen molar-refractivity contribution in [2.45, 2.75) is 18.1 Å². The number of carbonyl (C=O) groups excluding carboxylic acids is 1. The van der Waals surface area contributed by atoms with Crippen molar-refractivity contribution >= 4 is 23.2 Å². The Kier molecular flexibility index (Phi) is 6.39.